The molecule has 0 fully saturated rings. The van der Waals surface area contributed by atoms with E-state index in [1.54, 1.807) is 11.8 Å². The van der Waals surface area contributed by atoms with Crippen molar-refractivity contribution in [2.75, 3.05) is 30.4 Å². The SMILES string of the molecule is CCN(C(C)=O)c1ccc(N(C)C)cc1. The summed E-state index contributed by atoms with van der Waals surface area (Å²) in [5, 5.41) is 0. The predicted octanol–water partition coefficient (Wildman–Crippen LogP) is 2.13. The fourth-order valence-electron chi connectivity index (χ4n) is 1.52. The molecule has 0 aliphatic carbocycles. The molecule has 0 heterocycles. The second kappa shape index (κ2) is 4.82. The Hall–Kier alpha value is -1.51. The molecule has 1 amide bonds. The van der Waals surface area contributed by atoms with Gasteiger partial charge in [0.1, 0.15) is 0 Å². The summed E-state index contributed by atoms with van der Waals surface area (Å²) >= 11 is 0. The van der Waals surface area contributed by atoms with E-state index >= 15 is 0 Å². The summed E-state index contributed by atoms with van der Waals surface area (Å²) in [6.45, 7) is 4.27. The van der Waals surface area contributed by atoms with Crippen molar-refractivity contribution in [2.24, 2.45) is 0 Å². The molecule has 3 heteroatoms. The number of anilines is 2. The first kappa shape index (κ1) is 11.6. The van der Waals surface area contributed by atoms with Crippen LogP contribution in [0.25, 0.3) is 0 Å². The summed E-state index contributed by atoms with van der Waals surface area (Å²) in [7, 11) is 4.00. The largest absolute Gasteiger partial charge is 0.378 e. The first-order chi connectivity index (χ1) is 7.06. The Morgan fingerprint density at radius 1 is 1.13 bits per heavy atom. The van der Waals surface area contributed by atoms with Crippen LogP contribution in [0.2, 0.25) is 0 Å². The highest BCUT2D eigenvalue weighted by molar-refractivity contribution is 5.91. The Bertz CT molecular complexity index is 330. The third-order valence-corrected chi connectivity index (χ3v) is 2.37. The van der Waals surface area contributed by atoms with E-state index in [4.69, 9.17) is 0 Å². The van der Waals surface area contributed by atoms with Crippen molar-refractivity contribution in [1.29, 1.82) is 0 Å². The van der Waals surface area contributed by atoms with E-state index in [1.807, 2.05) is 50.2 Å². The molecule has 0 unspecified atom stereocenters. The Morgan fingerprint density at radius 3 is 1.93 bits per heavy atom. The molecular formula is C12H18N2O. The van der Waals surface area contributed by atoms with Crippen LogP contribution < -0.4 is 9.80 Å². The van der Waals surface area contributed by atoms with Gasteiger partial charge in [0.2, 0.25) is 5.91 Å². The summed E-state index contributed by atoms with van der Waals surface area (Å²) in [6.07, 6.45) is 0. The van der Waals surface area contributed by atoms with Crippen LogP contribution >= 0.6 is 0 Å². The summed E-state index contributed by atoms with van der Waals surface area (Å²) in [5.41, 5.74) is 2.09. The number of rotatable bonds is 3. The monoisotopic (exact) mass is 206 g/mol. The van der Waals surface area contributed by atoms with Gasteiger partial charge in [0, 0.05) is 38.9 Å². The summed E-state index contributed by atoms with van der Waals surface area (Å²) < 4.78 is 0. The van der Waals surface area contributed by atoms with E-state index in [1.165, 1.54) is 0 Å². The lowest BCUT2D eigenvalue weighted by Crippen LogP contribution is -2.27. The second-order valence-electron chi connectivity index (χ2n) is 3.67. The first-order valence-electron chi connectivity index (χ1n) is 5.11. The van der Waals surface area contributed by atoms with Gasteiger partial charge in [-0.25, -0.2) is 0 Å². The van der Waals surface area contributed by atoms with Gasteiger partial charge in [-0.3, -0.25) is 4.79 Å². The summed E-state index contributed by atoms with van der Waals surface area (Å²) in [6, 6.07) is 7.97. The molecule has 0 saturated carbocycles. The van der Waals surface area contributed by atoms with Crippen LogP contribution in [-0.4, -0.2) is 26.5 Å². The van der Waals surface area contributed by atoms with Gasteiger partial charge in [0.05, 0.1) is 0 Å². The highest BCUT2D eigenvalue weighted by Gasteiger charge is 2.08. The van der Waals surface area contributed by atoms with E-state index in [2.05, 4.69) is 0 Å². The number of hydrogen-bond acceptors (Lipinski definition) is 2. The minimum atomic E-state index is 0.0788. The molecule has 15 heavy (non-hydrogen) atoms. The van der Waals surface area contributed by atoms with Crippen molar-refractivity contribution >= 4 is 17.3 Å². The van der Waals surface area contributed by atoms with Gasteiger partial charge in [-0.05, 0) is 31.2 Å². The first-order valence-corrected chi connectivity index (χ1v) is 5.11. The van der Waals surface area contributed by atoms with Crippen molar-refractivity contribution in [3.63, 3.8) is 0 Å². The molecule has 0 spiro atoms. The number of benzene rings is 1. The minimum Gasteiger partial charge on any atom is -0.378 e. The molecule has 0 radical (unpaired) electrons. The normalized spacial score (nSPS) is 9.87. The Labute approximate surface area is 91.3 Å². The van der Waals surface area contributed by atoms with Crippen LogP contribution in [0, 0.1) is 0 Å². The van der Waals surface area contributed by atoms with Crippen LogP contribution in [0.15, 0.2) is 24.3 Å². The molecule has 1 aromatic rings. The maximum atomic E-state index is 11.3. The minimum absolute atomic E-state index is 0.0788. The summed E-state index contributed by atoms with van der Waals surface area (Å²) in [5.74, 6) is 0.0788. The molecule has 0 aliphatic rings. The Morgan fingerprint density at radius 2 is 1.60 bits per heavy atom. The third-order valence-electron chi connectivity index (χ3n) is 2.37. The van der Waals surface area contributed by atoms with Gasteiger partial charge in [-0.2, -0.15) is 0 Å². The average Bonchev–Trinajstić information content (AvgIpc) is 2.19. The number of carbonyl (C=O) groups excluding carboxylic acids is 1. The molecule has 0 aromatic heterocycles. The van der Waals surface area contributed by atoms with E-state index in [9.17, 15) is 4.79 Å². The van der Waals surface area contributed by atoms with Crippen LogP contribution in [0.3, 0.4) is 0 Å². The maximum absolute atomic E-state index is 11.3. The standard InChI is InChI=1S/C12H18N2O/c1-5-14(10(2)15)12-8-6-11(7-9-12)13(3)4/h6-9H,5H2,1-4H3. The lowest BCUT2D eigenvalue weighted by Gasteiger charge is -2.20. The number of carbonyl (C=O) groups is 1. The zero-order valence-electron chi connectivity index (χ0n) is 9.82. The van der Waals surface area contributed by atoms with Crippen LogP contribution in [0.4, 0.5) is 11.4 Å². The third kappa shape index (κ3) is 2.72. The van der Waals surface area contributed by atoms with E-state index in [-0.39, 0.29) is 5.91 Å². The molecule has 0 atom stereocenters. The quantitative estimate of drug-likeness (QED) is 0.756. The second-order valence-corrected chi connectivity index (χ2v) is 3.67. The topological polar surface area (TPSA) is 23.6 Å². The number of nitrogens with zero attached hydrogens (tertiary/aromatic N) is 2. The van der Waals surface area contributed by atoms with Crippen molar-refractivity contribution < 1.29 is 4.79 Å². The molecule has 0 N–H and O–H groups in total. The van der Waals surface area contributed by atoms with Crippen molar-refractivity contribution in [2.45, 2.75) is 13.8 Å². The van der Waals surface area contributed by atoms with Gasteiger partial charge in [-0.1, -0.05) is 0 Å². The zero-order valence-corrected chi connectivity index (χ0v) is 9.82. The molecule has 1 rings (SSSR count). The molecule has 0 aliphatic heterocycles. The van der Waals surface area contributed by atoms with E-state index < -0.39 is 0 Å². The van der Waals surface area contributed by atoms with Gasteiger partial charge < -0.3 is 9.80 Å². The average molecular weight is 206 g/mol. The fraction of sp³-hybridized carbons (Fsp3) is 0.417. The number of hydrogen-bond donors (Lipinski definition) is 0. The predicted molar refractivity (Wildman–Crippen MR) is 64.5 cm³/mol. The molecule has 3 nitrogen and oxygen atoms in total. The van der Waals surface area contributed by atoms with Gasteiger partial charge in [-0.15, -0.1) is 0 Å². The zero-order chi connectivity index (χ0) is 11.4. The van der Waals surface area contributed by atoms with Gasteiger partial charge >= 0.3 is 0 Å². The number of amides is 1. The Balaban J connectivity index is 2.92. The van der Waals surface area contributed by atoms with Crippen molar-refractivity contribution in [1.82, 2.24) is 0 Å². The van der Waals surface area contributed by atoms with E-state index in [0.717, 1.165) is 11.4 Å². The van der Waals surface area contributed by atoms with E-state index in [0.29, 0.717) is 6.54 Å². The summed E-state index contributed by atoms with van der Waals surface area (Å²) in [4.78, 5) is 15.1. The highest BCUT2D eigenvalue weighted by atomic mass is 16.2. The van der Waals surface area contributed by atoms with Gasteiger partial charge in [0.25, 0.3) is 0 Å². The molecule has 82 valence electrons. The smallest absolute Gasteiger partial charge is 0.223 e. The van der Waals surface area contributed by atoms with Crippen molar-refractivity contribution in [3.05, 3.63) is 24.3 Å². The molecule has 0 saturated heterocycles. The molecule has 1 aromatic carbocycles. The van der Waals surface area contributed by atoms with Crippen LogP contribution in [0.1, 0.15) is 13.8 Å². The lowest BCUT2D eigenvalue weighted by atomic mass is 10.2. The Kier molecular flexibility index (Phi) is 3.72. The van der Waals surface area contributed by atoms with Gasteiger partial charge in [0.15, 0.2) is 0 Å². The fourth-order valence-corrected chi connectivity index (χ4v) is 1.52. The highest BCUT2D eigenvalue weighted by Crippen LogP contribution is 2.19. The van der Waals surface area contributed by atoms with Crippen LogP contribution in [0.5, 0.6) is 0 Å². The lowest BCUT2D eigenvalue weighted by molar-refractivity contribution is -0.116. The van der Waals surface area contributed by atoms with Crippen LogP contribution in [-0.2, 0) is 4.79 Å². The molecule has 0 bridgehead atoms. The molecular weight excluding hydrogens is 188 g/mol. The van der Waals surface area contributed by atoms with Crippen molar-refractivity contribution in [3.8, 4) is 0 Å². The maximum Gasteiger partial charge on any atom is 0.223 e.